The number of aromatic nitrogens is 1. The van der Waals surface area contributed by atoms with Crippen molar-refractivity contribution in [2.75, 3.05) is 5.32 Å². The molecule has 0 fully saturated rings. The van der Waals surface area contributed by atoms with Gasteiger partial charge in [-0.25, -0.2) is 0 Å². The van der Waals surface area contributed by atoms with Gasteiger partial charge in [-0.3, -0.25) is 4.98 Å². The number of pyridine rings is 1. The molecular weight excluding hydrogens is 260 g/mol. The molecular formula is C18H14N2O. The fraction of sp³-hybridized carbons (Fsp3) is 0.0556. The maximum atomic E-state index is 5.82. The number of nitrogens with zero attached hydrogens (tertiary/aromatic N) is 1. The first-order valence-electron chi connectivity index (χ1n) is 6.94. The van der Waals surface area contributed by atoms with Gasteiger partial charge in [0.05, 0.1) is 6.54 Å². The van der Waals surface area contributed by atoms with Crippen LogP contribution in [0, 0.1) is 0 Å². The van der Waals surface area contributed by atoms with E-state index in [2.05, 4.69) is 34.6 Å². The van der Waals surface area contributed by atoms with Crippen LogP contribution in [0.25, 0.3) is 21.7 Å². The highest BCUT2D eigenvalue weighted by Crippen LogP contribution is 2.24. The van der Waals surface area contributed by atoms with Gasteiger partial charge >= 0.3 is 0 Å². The summed E-state index contributed by atoms with van der Waals surface area (Å²) >= 11 is 0. The van der Waals surface area contributed by atoms with Crippen LogP contribution < -0.4 is 5.32 Å². The first kappa shape index (κ1) is 12.0. The molecule has 0 bridgehead atoms. The molecule has 0 aliphatic rings. The molecule has 2 aromatic carbocycles. The second-order valence-electron chi connectivity index (χ2n) is 5.01. The largest absolute Gasteiger partial charge is 0.459 e. The molecule has 0 saturated heterocycles. The first-order chi connectivity index (χ1) is 10.4. The van der Waals surface area contributed by atoms with E-state index < -0.39 is 0 Å². The molecule has 0 saturated carbocycles. The van der Waals surface area contributed by atoms with Gasteiger partial charge in [0.25, 0.3) is 0 Å². The monoisotopic (exact) mass is 274 g/mol. The van der Waals surface area contributed by atoms with Crippen LogP contribution in [0.15, 0.2) is 71.4 Å². The Morgan fingerprint density at radius 1 is 0.952 bits per heavy atom. The van der Waals surface area contributed by atoms with Crippen molar-refractivity contribution in [1.29, 1.82) is 0 Å². The minimum Gasteiger partial charge on any atom is -0.459 e. The third-order valence-corrected chi connectivity index (χ3v) is 3.61. The topological polar surface area (TPSA) is 38.1 Å². The van der Waals surface area contributed by atoms with E-state index in [-0.39, 0.29) is 0 Å². The van der Waals surface area contributed by atoms with Crippen LogP contribution >= 0.6 is 0 Å². The third kappa shape index (κ3) is 2.23. The molecule has 0 aliphatic carbocycles. The number of para-hydroxylation sites is 1. The van der Waals surface area contributed by atoms with Gasteiger partial charge in [-0.15, -0.1) is 0 Å². The Bertz CT molecular complexity index is 873. The fourth-order valence-electron chi connectivity index (χ4n) is 2.57. The molecule has 0 spiro atoms. The predicted molar refractivity (Wildman–Crippen MR) is 85.3 cm³/mol. The molecule has 102 valence electrons. The van der Waals surface area contributed by atoms with Gasteiger partial charge < -0.3 is 9.73 Å². The summed E-state index contributed by atoms with van der Waals surface area (Å²) < 4.78 is 5.82. The van der Waals surface area contributed by atoms with Crippen molar-refractivity contribution in [2.24, 2.45) is 0 Å². The summed E-state index contributed by atoms with van der Waals surface area (Å²) in [5, 5.41) is 6.87. The minimum atomic E-state index is 0.655. The Morgan fingerprint density at radius 3 is 2.81 bits per heavy atom. The summed E-state index contributed by atoms with van der Waals surface area (Å²) in [4.78, 5) is 4.20. The molecule has 0 unspecified atom stereocenters. The van der Waals surface area contributed by atoms with E-state index in [1.165, 1.54) is 5.39 Å². The van der Waals surface area contributed by atoms with Gasteiger partial charge in [-0.05, 0) is 29.7 Å². The highest BCUT2D eigenvalue weighted by molar-refractivity contribution is 5.93. The molecule has 0 radical (unpaired) electrons. The van der Waals surface area contributed by atoms with E-state index in [9.17, 15) is 0 Å². The Labute approximate surface area is 122 Å². The predicted octanol–water partition coefficient (Wildman–Crippen LogP) is 4.59. The van der Waals surface area contributed by atoms with Gasteiger partial charge in [0.1, 0.15) is 11.3 Å². The molecule has 0 atom stereocenters. The van der Waals surface area contributed by atoms with Crippen molar-refractivity contribution in [3.8, 4) is 0 Å². The summed E-state index contributed by atoms with van der Waals surface area (Å²) in [6.07, 6.45) is 3.70. The van der Waals surface area contributed by atoms with Crippen molar-refractivity contribution in [3.05, 3.63) is 72.8 Å². The summed E-state index contributed by atoms with van der Waals surface area (Å²) in [5.41, 5.74) is 2.00. The molecule has 0 aliphatic heterocycles. The average Bonchev–Trinajstić information content (AvgIpc) is 2.96. The molecule has 3 heteroatoms. The second-order valence-corrected chi connectivity index (χ2v) is 5.01. The first-order valence-corrected chi connectivity index (χ1v) is 6.94. The Balaban J connectivity index is 1.63. The van der Waals surface area contributed by atoms with Crippen LogP contribution in [-0.2, 0) is 6.54 Å². The Kier molecular flexibility index (Phi) is 2.82. The number of furan rings is 1. The Hall–Kier alpha value is -2.81. The molecule has 4 rings (SSSR count). The number of anilines is 1. The second kappa shape index (κ2) is 4.94. The number of rotatable bonds is 3. The zero-order valence-electron chi connectivity index (χ0n) is 11.4. The van der Waals surface area contributed by atoms with E-state index in [1.54, 1.807) is 0 Å². The zero-order valence-corrected chi connectivity index (χ0v) is 11.4. The van der Waals surface area contributed by atoms with Crippen LogP contribution in [0.3, 0.4) is 0 Å². The summed E-state index contributed by atoms with van der Waals surface area (Å²) in [7, 11) is 0. The highest BCUT2D eigenvalue weighted by atomic mass is 16.3. The molecule has 2 aromatic heterocycles. The van der Waals surface area contributed by atoms with E-state index in [0.717, 1.165) is 27.8 Å². The smallest absolute Gasteiger partial charge is 0.134 e. The fourth-order valence-corrected chi connectivity index (χ4v) is 2.57. The standard InChI is InChI=1S/C18H14N2O/c1-2-7-18-14(4-1)10-15(21-18)11-20-17-6-3-5-13-8-9-19-12-16(13)17/h1-10,12,20H,11H2. The Morgan fingerprint density at radius 2 is 1.86 bits per heavy atom. The quantitative estimate of drug-likeness (QED) is 0.593. The lowest BCUT2D eigenvalue weighted by atomic mass is 10.1. The van der Waals surface area contributed by atoms with E-state index in [0.29, 0.717) is 6.54 Å². The third-order valence-electron chi connectivity index (χ3n) is 3.61. The van der Waals surface area contributed by atoms with Crippen molar-refractivity contribution in [1.82, 2.24) is 4.98 Å². The number of hydrogen-bond donors (Lipinski definition) is 1. The molecule has 0 amide bonds. The number of fused-ring (bicyclic) bond motifs is 2. The lowest BCUT2D eigenvalue weighted by Crippen LogP contribution is -1.98. The van der Waals surface area contributed by atoms with Crippen molar-refractivity contribution < 1.29 is 4.42 Å². The minimum absolute atomic E-state index is 0.655. The number of benzene rings is 2. The number of hydrogen-bond acceptors (Lipinski definition) is 3. The summed E-state index contributed by atoms with van der Waals surface area (Å²) in [5.74, 6) is 0.928. The lowest BCUT2D eigenvalue weighted by molar-refractivity contribution is 0.559. The van der Waals surface area contributed by atoms with E-state index in [4.69, 9.17) is 4.42 Å². The van der Waals surface area contributed by atoms with Crippen LogP contribution in [-0.4, -0.2) is 4.98 Å². The molecule has 21 heavy (non-hydrogen) atoms. The van der Waals surface area contributed by atoms with Crippen LogP contribution in [0.2, 0.25) is 0 Å². The van der Waals surface area contributed by atoms with Crippen LogP contribution in [0.1, 0.15) is 5.76 Å². The van der Waals surface area contributed by atoms with Gasteiger partial charge in [-0.1, -0.05) is 30.3 Å². The highest BCUT2D eigenvalue weighted by Gasteiger charge is 2.04. The summed E-state index contributed by atoms with van der Waals surface area (Å²) in [6.45, 7) is 0.655. The van der Waals surface area contributed by atoms with Gasteiger partial charge in [0.15, 0.2) is 0 Å². The molecule has 3 nitrogen and oxygen atoms in total. The van der Waals surface area contributed by atoms with Gasteiger partial charge in [-0.2, -0.15) is 0 Å². The maximum absolute atomic E-state index is 5.82. The molecule has 2 heterocycles. The normalized spacial score (nSPS) is 11.0. The molecule has 4 aromatic rings. The molecule has 1 N–H and O–H groups in total. The van der Waals surface area contributed by atoms with Crippen molar-refractivity contribution in [3.63, 3.8) is 0 Å². The number of nitrogens with one attached hydrogen (secondary N) is 1. The maximum Gasteiger partial charge on any atom is 0.134 e. The lowest BCUT2D eigenvalue weighted by Gasteiger charge is -2.07. The van der Waals surface area contributed by atoms with Gasteiger partial charge in [0.2, 0.25) is 0 Å². The van der Waals surface area contributed by atoms with E-state index >= 15 is 0 Å². The van der Waals surface area contributed by atoms with Crippen LogP contribution in [0.4, 0.5) is 5.69 Å². The van der Waals surface area contributed by atoms with Gasteiger partial charge in [0, 0.05) is 28.9 Å². The SMILES string of the molecule is c1ccc2oc(CNc3cccc4ccncc34)cc2c1. The van der Waals surface area contributed by atoms with Crippen molar-refractivity contribution in [2.45, 2.75) is 6.54 Å². The van der Waals surface area contributed by atoms with E-state index in [1.807, 2.05) is 42.7 Å². The average molecular weight is 274 g/mol. The summed E-state index contributed by atoms with van der Waals surface area (Å²) in [6, 6.07) is 18.3. The van der Waals surface area contributed by atoms with Crippen molar-refractivity contribution >= 4 is 27.4 Å². The zero-order chi connectivity index (χ0) is 14.1. The van der Waals surface area contributed by atoms with Crippen LogP contribution in [0.5, 0.6) is 0 Å².